The van der Waals surface area contributed by atoms with Gasteiger partial charge in [0.15, 0.2) is 6.61 Å². The number of nitrogens with zero attached hydrogens (tertiary/aromatic N) is 2. The van der Waals surface area contributed by atoms with Crippen molar-refractivity contribution in [1.29, 1.82) is 0 Å². The number of furan rings is 1. The third-order valence-corrected chi connectivity index (χ3v) is 5.00. The van der Waals surface area contributed by atoms with Crippen molar-refractivity contribution in [3.8, 4) is 5.75 Å². The Bertz CT molecular complexity index is 743. The number of hydrogen-bond acceptors (Lipinski definition) is 5. The maximum Gasteiger partial charge on any atom is 0.258 e. The Balaban J connectivity index is 0.00000280. The first-order chi connectivity index (χ1) is 13.0. The summed E-state index contributed by atoms with van der Waals surface area (Å²) < 4.78 is 11.4. The van der Waals surface area contributed by atoms with Crippen LogP contribution in [0.25, 0.3) is 0 Å². The molecular formula is C20H27Cl2N3O3. The predicted molar refractivity (Wildman–Crippen MR) is 112 cm³/mol. The summed E-state index contributed by atoms with van der Waals surface area (Å²) in [7, 11) is 2.12. The fourth-order valence-electron chi connectivity index (χ4n) is 3.12. The van der Waals surface area contributed by atoms with Gasteiger partial charge in [-0.25, -0.2) is 0 Å². The lowest BCUT2D eigenvalue weighted by atomic mass is 10.1. The first kappa shape index (κ1) is 22.6. The number of rotatable bonds is 7. The number of carbonyl (C=O) groups excluding carboxylic acids is 1. The average Bonchev–Trinajstić information content (AvgIpc) is 3.09. The van der Waals surface area contributed by atoms with Gasteiger partial charge in [0.1, 0.15) is 17.3 Å². The second kappa shape index (κ2) is 10.7. The molecule has 2 heterocycles. The lowest BCUT2D eigenvalue weighted by Gasteiger charge is -2.37. The number of piperazine rings is 1. The Hall–Kier alpha value is -1.73. The van der Waals surface area contributed by atoms with Crippen molar-refractivity contribution in [3.63, 3.8) is 0 Å². The number of hydrogen-bond donors (Lipinski definition) is 1. The molecule has 1 N–H and O–H groups in total. The second-order valence-electron chi connectivity index (χ2n) is 6.85. The highest BCUT2D eigenvalue weighted by Gasteiger charge is 2.26. The minimum atomic E-state index is -0.160. The number of amides is 1. The molecule has 0 aliphatic carbocycles. The second-order valence-corrected chi connectivity index (χ2v) is 7.29. The molecule has 0 bridgehead atoms. The van der Waals surface area contributed by atoms with Crippen LogP contribution in [0.5, 0.6) is 5.75 Å². The summed E-state index contributed by atoms with van der Waals surface area (Å²) in [6.07, 6.45) is 0. The van der Waals surface area contributed by atoms with Gasteiger partial charge in [0.2, 0.25) is 0 Å². The minimum absolute atomic E-state index is 0. The fraction of sp³-hybridized carbons (Fsp3) is 0.450. The van der Waals surface area contributed by atoms with E-state index in [1.165, 1.54) is 0 Å². The Labute approximate surface area is 177 Å². The quantitative estimate of drug-likeness (QED) is 0.735. The van der Waals surface area contributed by atoms with Crippen molar-refractivity contribution in [2.24, 2.45) is 0 Å². The van der Waals surface area contributed by atoms with Gasteiger partial charge >= 0.3 is 0 Å². The van der Waals surface area contributed by atoms with Gasteiger partial charge in [-0.1, -0.05) is 11.6 Å². The smallest absolute Gasteiger partial charge is 0.258 e. The summed E-state index contributed by atoms with van der Waals surface area (Å²) in [5.41, 5.74) is 0. The number of aryl methyl sites for hydroxylation is 1. The van der Waals surface area contributed by atoms with E-state index in [1.54, 1.807) is 24.3 Å². The maximum atomic E-state index is 12.2. The van der Waals surface area contributed by atoms with Crippen LogP contribution in [0, 0.1) is 6.92 Å². The first-order valence-electron chi connectivity index (χ1n) is 9.15. The number of benzene rings is 1. The molecular weight excluding hydrogens is 401 g/mol. The number of likely N-dealkylation sites (N-methyl/N-ethyl adjacent to an activating group) is 1. The van der Waals surface area contributed by atoms with E-state index < -0.39 is 0 Å². The van der Waals surface area contributed by atoms with Crippen LogP contribution in [-0.2, 0) is 4.79 Å². The van der Waals surface area contributed by atoms with E-state index in [0.29, 0.717) is 17.3 Å². The van der Waals surface area contributed by atoms with Crippen molar-refractivity contribution in [1.82, 2.24) is 15.1 Å². The molecule has 1 aliphatic rings. The summed E-state index contributed by atoms with van der Waals surface area (Å²) in [4.78, 5) is 16.9. The third-order valence-electron chi connectivity index (χ3n) is 4.74. The van der Waals surface area contributed by atoms with E-state index in [9.17, 15) is 4.79 Å². The van der Waals surface area contributed by atoms with E-state index in [2.05, 4.69) is 22.2 Å². The van der Waals surface area contributed by atoms with Crippen LogP contribution in [0.2, 0.25) is 5.02 Å². The van der Waals surface area contributed by atoms with Crippen LogP contribution < -0.4 is 10.1 Å². The summed E-state index contributed by atoms with van der Waals surface area (Å²) in [5.74, 6) is 2.22. The highest BCUT2D eigenvalue weighted by molar-refractivity contribution is 6.30. The Morgan fingerprint density at radius 1 is 1.18 bits per heavy atom. The molecule has 1 aromatic heterocycles. The van der Waals surface area contributed by atoms with Gasteiger partial charge in [-0.2, -0.15) is 0 Å². The maximum absolute atomic E-state index is 12.2. The summed E-state index contributed by atoms with van der Waals surface area (Å²) in [5, 5.41) is 3.61. The highest BCUT2D eigenvalue weighted by atomic mass is 35.5. The number of ether oxygens (including phenoxy) is 1. The minimum Gasteiger partial charge on any atom is -0.484 e. The summed E-state index contributed by atoms with van der Waals surface area (Å²) >= 11 is 5.85. The Morgan fingerprint density at radius 3 is 2.46 bits per heavy atom. The van der Waals surface area contributed by atoms with E-state index in [0.717, 1.165) is 37.7 Å². The van der Waals surface area contributed by atoms with Crippen LogP contribution in [0.15, 0.2) is 40.8 Å². The van der Waals surface area contributed by atoms with E-state index >= 15 is 0 Å². The molecule has 2 aromatic rings. The molecule has 1 atom stereocenters. The molecule has 6 nitrogen and oxygen atoms in total. The van der Waals surface area contributed by atoms with Gasteiger partial charge in [-0.3, -0.25) is 9.69 Å². The molecule has 3 rings (SSSR count). The van der Waals surface area contributed by atoms with Crippen LogP contribution in [0.3, 0.4) is 0 Å². The zero-order valence-electron chi connectivity index (χ0n) is 16.2. The lowest BCUT2D eigenvalue weighted by molar-refractivity contribution is -0.123. The van der Waals surface area contributed by atoms with Gasteiger partial charge < -0.3 is 19.4 Å². The predicted octanol–water partition coefficient (Wildman–Crippen LogP) is 3.15. The van der Waals surface area contributed by atoms with Crippen molar-refractivity contribution in [3.05, 3.63) is 52.9 Å². The van der Waals surface area contributed by atoms with Gasteiger partial charge in [0, 0.05) is 37.7 Å². The first-order valence-corrected chi connectivity index (χ1v) is 9.53. The number of carbonyl (C=O) groups is 1. The van der Waals surface area contributed by atoms with Crippen molar-refractivity contribution in [2.75, 3.05) is 46.4 Å². The molecule has 28 heavy (non-hydrogen) atoms. The highest BCUT2D eigenvalue weighted by Crippen LogP contribution is 2.23. The van der Waals surface area contributed by atoms with Crippen LogP contribution in [0.1, 0.15) is 17.6 Å². The molecule has 154 valence electrons. The molecule has 0 saturated carbocycles. The van der Waals surface area contributed by atoms with Crippen molar-refractivity contribution in [2.45, 2.75) is 13.0 Å². The Morgan fingerprint density at radius 2 is 1.86 bits per heavy atom. The summed E-state index contributed by atoms with van der Waals surface area (Å²) in [6, 6.07) is 10.9. The molecule has 1 fully saturated rings. The zero-order valence-corrected chi connectivity index (χ0v) is 17.8. The lowest BCUT2D eigenvalue weighted by Crippen LogP contribution is -2.48. The normalized spacial score (nSPS) is 16.2. The van der Waals surface area contributed by atoms with E-state index in [4.69, 9.17) is 20.8 Å². The topological polar surface area (TPSA) is 58.0 Å². The molecule has 1 aromatic carbocycles. The van der Waals surface area contributed by atoms with E-state index in [1.807, 2.05) is 19.1 Å². The molecule has 1 amide bonds. The standard InChI is InChI=1S/C20H26ClN3O3.ClH/c1-15-3-8-19(27-15)18(24-11-9-23(2)10-12-24)13-22-20(25)14-26-17-6-4-16(21)5-7-17;/h3-8,18H,9-14H2,1-2H3,(H,22,25);1H. The molecule has 1 aliphatic heterocycles. The van der Waals surface area contributed by atoms with Gasteiger partial charge in [-0.15, -0.1) is 12.4 Å². The van der Waals surface area contributed by atoms with Crippen LogP contribution in [-0.4, -0.2) is 62.1 Å². The SMILES string of the molecule is Cc1ccc(C(CNC(=O)COc2ccc(Cl)cc2)N2CCN(C)CC2)o1.Cl. The van der Waals surface area contributed by atoms with E-state index in [-0.39, 0.29) is 31.0 Å². The molecule has 0 radical (unpaired) electrons. The number of nitrogens with one attached hydrogen (secondary N) is 1. The third kappa shape index (κ3) is 6.41. The number of halogens is 2. The largest absolute Gasteiger partial charge is 0.484 e. The fourth-order valence-corrected chi connectivity index (χ4v) is 3.24. The van der Waals surface area contributed by atoms with Crippen molar-refractivity contribution >= 4 is 29.9 Å². The van der Waals surface area contributed by atoms with Crippen molar-refractivity contribution < 1.29 is 13.9 Å². The van der Waals surface area contributed by atoms with Gasteiger partial charge in [-0.05, 0) is 50.4 Å². The summed E-state index contributed by atoms with van der Waals surface area (Å²) in [6.45, 7) is 6.28. The molecule has 1 unspecified atom stereocenters. The van der Waals surface area contributed by atoms with Crippen LogP contribution >= 0.6 is 24.0 Å². The zero-order chi connectivity index (χ0) is 19.2. The molecule has 0 spiro atoms. The molecule has 1 saturated heterocycles. The average molecular weight is 428 g/mol. The van der Waals surface area contributed by atoms with Gasteiger partial charge in [0.25, 0.3) is 5.91 Å². The molecule has 8 heteroatoms. The monoisotopic (exact) mass is 427 g/mol. The van der Waals surface area contributed by atoms with Gasteiger partial charge in [0.05, 0.1) is 6.04 Å². The van der Waals surface area contributed by atoms with Crippen LogP contribution in [0.4, 0.5) is 0 Å². The Kier molecular flexibility index (Phi) is 8.63.